The molecule has 2 aromatic carbocycles. The second-order valence-corrected chi connectivity index (χ2v) is 4.45. The summed E-state index contributed by atoms with van der Waals surface area (Å²) in [5.74, 6) is -0.975. The zero-order valence-electron chi connectivity index (χ0n) is 11.6. The highest BCUT2D eigenvalue weighted by atomic mass is 19.4. The third kappa shape index (κ3) is 5.53. The summed E-state index contributed by atoms with van der Waals surface area (Å²) in [5, 5.41) is 0. The molecule has 0 N–H and O–H groups in total. The van der Waals surface area contributed by atoms with Crippen LogP contribution in [0.1, 0.15) is 23.6 Å². The van der Waals surface area contributed by atoms with Crippen LogP contribution >= 0.6 is 0 Å². The van der Waals surface area contributed by atoms with Gasteiger partial charge in [0.05, 0.1) is 5.56 Å². The number of halogens is 5. The first-order valence-corrected chi connectivity index (χ1v) is 6.31. The van der Waals surface area contributed by atoms with Crippen LogP contribution < -0.4 is 0 Å². The van der Waals surface area contributed by atoms with Crippen molar-refractivity contribution < 1.29 is 22.0 Å². The van der Waals surface area contributed by atoms with Crippen molar-refractivity contribution in [3.63, 3.8) is 0 Å². The molecule has 0 bridgehead atoms. The Morgan fingerprint density at radius 3 is 1.90 bits per heavy atom. The van der Waals surface area contributed by atoms with Gasteiger partial charge in [-0.25, -0.2) is 8.78 Å². The zero-order valence-corrected chi connectivity index (χ0v) is 11.6. The topological polar surface area (TPSA) is 0 Å². The van der Waals surface area contributed by atoms with Crippen LogP contribution in [0.3, 0.4) is 0 Å². The van der Waals surface area contributed by atoms with Gasteiger partial charge in [-0.05, 0) is 37.1 Å². The first-order valence-electron chi connectivity index (χ1n) is 6.31. The smallest absolute Gasteiger partial charge is 0.207 e. The van der Waals surface area contributed by atoms with Crippen molar-refractivity contribution in [2.24, 2.45) is 0 Å². The third-order valence-electron chi connectivity index (χ3n) is 2.77. The summed E-state index contributed by atoms with van der Waals surface area (Å²) in [6, 6.07) is 8.68. The number of hydrogen-bond acceptors (Lipinski definition) is 0. The summed E-state index contributed by atoms with van der Waals surface area (Å²) in [5.41, 5.74) is 0.794. The Morgan fingerprint density at radius 2 is 1.48 bits per heavy atom. The zero-order chi connectivity index (χ0) is 16.0. The number of aryl methyl sites for hydroxylation is 2. The van der Waals surface area contributed by atoms with Crippen LogP contribution in [0.4, 0.5) is 22.0 Å². The van der Waals surface area contributed by atoms with Crippen LogP contribution in [0.25, 0.3) is 0 Å². The van der Waals surface area contributed by atoms with E-state index in [-0.39, 0.29) is 0 Å². The summed E-state index contributed by atoms with van der Waals surface area (Å²) in [6.07, 6.45) is -3.61. The fraction of sp³-hybridized carbons (Fsp3) is 0.250. The average molecular weight is 302 g/mol. The van der Waals surface area contributed by atoms with Crippen molar-refractivity contribution in [3.05, 3.63) is 70.8 Å². The number of alkyl halides is 3. The fourth-order valence-corrected chi connectivity index (χ4v) is 1.55. The Balaban J connectivity index is 0.000000211. The van der Waals surface area contributed by atoms with Crippen LogP contribution in [0.5, 0.6) is 0 Å². The van der Waals surface area contributed by atoms with Crippen LogP contribution in [0.2, 0.25) is 0 Å². The van der Waals surface area contributed by atoms with Gasteiger partial charge >= 0.3 is 6.18 Å². The molecule has 0 fully saturated rings. The molecule has 0 aromatic heterocycles. The quantitative estimate of drug-likeness (QED) is 0.607. The predicted octanol–water partition coefficient (Wildman–Crippen LogP) is 5.54. The molecule has 21 heavy (non-hydrogen) atoms. The maximum Gasteiger partial charge on any atom is 0.416 e. The van der Waals surface area contributed by atoms with Gasteiger partial charge in [0.1, 0.15) is 11.6 Å². The van der Waals surface area contributed by atoms with Crippen molar-refractivity contribution in [2.45, 2.75) is 26.4 Å². The maximum atomic E-state index is 12.6. The van der Waals surface area contributed by atoms with Gasteiger partial charge in [0.2, 0.25) is 0 Å². The van der Waals surface area contributed by atoms with E-state index in [1.165, 1.54) is 24.3 Å². The van der Waals surface area contributed by atoms with Crippen LogP contribution in [0, 0.1) is 18.6 Å². The monoisotopic (exact) mass is 302 g/mol. The highest BCUT2D eigenvalue weighted by Gasteiger charge is 2.29. The lowest BCUT2D eigenvalue weighted by Gasteiger charge is -2.05. The summed E-state index contributed by atoms with van der Waals surface area (Å²) >= 11 is 0. The summed E-state index contributed by atoms with van der Waals surface area (Å²) in [4.78, 5) is 0. The van der Waals surface area contributed by atoms with Crippen LogP contribution in [0.15, 0.2) is 42.5 Å². The molecule has 2 rings (SSSR count). The van der Waals surface area contributed by atoms with Crippen molar-refractivity contribution in [2.75, 3.05) is 0 Å². The molecular weight excluding hydrogens is 287 g/mol. The molecule has 0 unspecified atom stereocenters. The second-order valence-electron chi connectivity index (χ2n) is 4.45. The van der Waals surface area contributed by atoms with Gasteiger partial charge in [-0.1, -0.05) is 30.7 Å². The second kappa shape index (κ2) is 7.20. The highest BCUT2D eigenvalue weighted by molar-refractivity contribution is 5.23. The summed E-state index contributed by atoms with van der Waals surface area (Å²) < 4.78 is 60.6. The van der Waals surface area contributed by atoms with Gasteiger partial charge in [-0.15, -0.1) is 0 Å². The summed E-state index contributed by atoms with van der Waals surface area (Å²) in [6.45, 7) is 3.58. The predicted molar refractivity (Wildman–Crippen MR) is 71.9 cm³/mol. The molecule has 0 radical (unpaired) electrons. The number of benzene rings is 2. The van der Waals surface area contributed by atoms with Crippen molar-refractivity contribution in [1.82, 2.24) is 0 Å². The van der Waals surface area contributed by atoms with E-state index < -0.39 is 23.4 Å². The minimum absolute atomic E-state index is 0.456. The molecule has 0 aliphatic heterocycles. The van der Waals surface area contributed by atoms with E-state index in [1.54, 1.807) is 6.92 Å². The van der Waals surface area contributed by atoms with E-state index in [9.17, 15) is 22.0 Å². The Morgan fingerprint density at radius 1 is 0.905 bits per heavy atom. The van der Waals surface area contributed by atoms with Crippen molar-refractivity contribution in [1.29, 1.82) is 0 Å². The normalized spacial score (nSPS) is 10.8. The van der Waals surface area contributed by atoms with Gasteiger partial charge in [0.15, 0.2) is 0 Å². The highest BCUT2D eigenvalue weighted by Crippen LogP contribution is 2.28. The Labute approximate surface area is 120 Å². The molecule has 0 aliphatic carbocycles. The van der Waals surface area contributed by atoms with Crippen molar-refractivity contribution in [3.8, 4) is 0 Å². The Hall–Kier alpha value is -1.91. The minimum atomic E-state index is -4.21. The first-order chi connectivity index (χ1) is 9.74. The molecular formula is C16H15F5. The number of hydrogen-bond donors (Lipinski definition) is 0. The van der Waals surface area contributed by atoms with E-state index in [1.807, 2.05) is 6.92 Å². The molecule has 0 aliphatic rings. The van der Waals surface area contributed by atoms with Gasteiger partial charge in [-0.2, -0.15) is 13.2 Å². The first kappa shape index (κ1) is 17.1. The molecule has 114 valence electrons. The lowest BCUT2D eigenvalue weighted by Crippen LogP contribution is -2.03. The van der Waals surface area contributed by atoms with E-state index in [2.05, 4.69) is 0 Å². The van der Waals surface area contributed by atoms with Gasteiger partial charge in [0, 0.05) is 6.07 Å². The van der Waals surface area contributed by atoms with E-state index in [0.29, 0.717) is 12.0 Å². The molecule has 0 saturated heterocycles. The molecule has 0 saturated carbocycles. The van der Waals surface area contributed by atoms with Crippen molar-refractivity contribution >= 4 is 0 Å². The molecule has 0 nitrogen and oxygen atoms in total. The third-order valence-corrected chi connectivity index (χ3v) is 2.77. The summed E-state index contributed by atoms with van der Waals surface area (Å²) in [7, 11) is 0. The molecule has 0 amide bonds. The largest absolute Gasteiger partial charge is 0.416 e. The average Bonchev–Trinajstić information content (AvgIpc) is 2.39. The van der Waals surface area contributed by atoms with Gasteiger partial charge in [0.25, 0.3) is 0 Å². The lowest BCUT2D eigenvalue weighted by atomic mass is 10.1. The van der Waals surface area contributed by atoms with E-state index in [0.717, 1.165) is 23.8 Å². The maximum absolute atomic E-state index is 12.6. The lowest BCUT2D eigenvalue weighted by molar-refractivity contribution is -0.137. The van der Waals surface area contributed by atoms with Gasteiger partial charge in [-0.3, -0.25) is 0 Å². The molecule has 0 heterocycles. The van der Waals surface area contributed by atoms with Crippen LogP contribution in [-0.2, 0) is 12.6 Å². The van der Waals surface area contributed by atoms with E-state index >= 15 is 0 Å². The Kier molecular flexibility index (Phi) is 5.88. The van der Waals surface area contributed by atoms with Crippen LogP contribution in [-0.4, -0.2) is 0 Å². The standard InChI is InChI=1S/C8H7F3.C8H8F2/c1-6-2-4-7(5-3-6)8(9,10)11;1-2-6-3-4-7(9)5-8(6)10/h2-5H,1H3;3-5H,2H2,1H3. The molecule has 0 spiro atoms. The fourth-order valence-electron chi connectivity index (χ4n) is 1.55. The molecule has 0 atom stereocenters. The van der Waals surface area contributed by atoms with Gasteiger partial charge < -0.3 is 0 Å². The number of rotatable bonds is 1. The SMILES string of the molecule is CCc1ccc(F)cc1F.Cc1ccc(C(F)(F)F)cc1. The minimum Gasteiger partial charge on any atom is -0.207 e. The molecule has 2 aromatic rings. The van der Waals surface area contributed by atoms with E-state index in [4.69, 9.17) is 0 Å². The Bertz CT molecular complexity index is 570. The molecule has 5 heteroatoms.